The number of carboxylic acid groups (broad SMARTS) is 1. The molecule has 1 saturated heterocycles. The van der Waals surface area contributed by atoms with Crippen LogP contribution < -0.4 is 16.4 Å². The topological polar surface area (TPSA) is 183 Å². The number of amides is 2. The van der Waals surface area contributed by atoms with Gasteiger partial charge in [-0.15, -0.1) is 0 Å². The minimum atomic E-state index is -1.62. The Morgan fingerprint density at radius 3 is 2.50 bits per heavy atom. The summed E-state index contributed by atoms with van der Waals surface area (Å²) in [6.07, 6.45) is 3.08. The fourth-order valence-corrected chi connectivity index (χ4v) is 3.68. The number of benzene rings is 1. The van der Waals surface area contributed by atoms with Gasteiger partial charge < -0.3 is 30.8 Å². The lowest BCUT2D eigenvalue weighted by atomic mass is 9.74. The van der Waals surface area contributed by atoms with Gasteiger partial charge in [0, 0.05) is 18.8 Å². The molecule has 0 bridgehead atoms. The van der Waals surface area contributed by atoms with Crippen LogP contribution in [0.25, 0.3) is 0 Å². The van der Waals surface area contributed by atoms with E-state index >= 15 is 0 Å². The van der Waals surface area contributed by atoms with E-state index in [4.69, 9.17) is 20.1 Å². The lowest BCUT2D eigenvalue weighted by Gasteiger charge is -2.25. The van der Waals surface area contributed by atoms with Crippen LogP contribution in [-0.4, -0.2) is 70.1 Å². The highest BCUT2D eigenvalue weighted by molar-refractivity contribution is 6.51. The molecule has 1 aliphatic rings. The van der Waals surface area contributed by atoms with Crippen LogP contribution in [0.4, 0.5) is 0 Å². The molecule has 2 heterocycles. The van der Waals surface area contributed by atoms with Crippen LogP contribution in [-0.2, 0) is 30.1 Å². The Labute approximate surface area is 208 Å². The third kappa shape index (κ3) is 7.09. The molecule has 1 aromatic carbocycles. The molecule has 0 aliphatic carbocycles. The summed E-state index contributed by atoms with van der Waals surface area (Å²) in [6, 6.07) is 6.47. The molecule has 2 aromatic rings. The summed E-state index contributed by atoms with van der Waals surface area (Å²) in [5.41, 5.74) is 6.39. The van der Waals surface area contributed by atoms with Crippen LogP contribution in [0.5, 0.6) is 0 Å². The maximum atomic E-state index is 13.4. The second-order valence-electron chi connectivity index (χ2n) is 8.78. The summed E-state index contributed by atoms with van der Waals surface area (Å²) >= 11 is 0. The first-order valence-electron chi connectivity index (χ1n) is 11.4. The van der Waals surface area contributed by atoms with Crippen molar-refractivity contribution in [2.75, 3.05) is 0 Å². The number of hydrogen-bond acceptors (Lipinski definition) is 9. The summed E-state index contributed by atoms with van der Waals surface area (Å²) in [5.74, 6) is -4.25. The molecular formula is C23H28BN5O7. The van der Waals surface area contributed by atoms with Crippen LogP contribution in [0.2, 0.25) is 0 Å². The molecule has 0 saturated carbocycles. The van der Waals surface area contributed by atoms with Crippen molar-refractivity contribution in [3.05, 3.63) is 60.2 Å². The molecule has 3 unspecified atom stereocenters. The van der Waals surface area contributed by atoms with E-state index in [0.29, 0.717) is 6.42 Å². The highest BCUT2D eigenvalue weighted by atomic mass is 16.7. The van der Waals surface area contributed by atoms with Crippen molar-refractivity contribution in [2.45, 2.75) is 50.8 Å². The highest BCUT2D eigenvalue weighted by Gasteiger charge is 2.50. The van der Waals surface area contributed by atoms with E-state index in [9.17, 15) is 19.2 Å². The van der Waals surface area contributed by atoms with Gasteiger partial charge >= 0.3 is 19.1 Å². The number of rotatable bonds is 11. The maximum Gasteiger partial charge on any atom is 0.552 e. The van der Waals surface area contributed by atoms with E-state index < -0.39 is 55.0 Å². The van der Waals surface area contributed by atoms with Gasteiger partial charge in [-0.2, -0.15) is 0 Å². The third-order valence-electron chi connectivity index (χ3n) is 5.44. The molecule has 2 amide bonds. The van der Waals surface area contributed by atoms with E-state index in [1.54, 1.807) is 0 Å². The molecular weight excluding hydrogens is 469 g/mol. The monoisotopic (exact) mass is 497 g/mol. The zero-order valence-corrected chi connectivity index (χ0v) is 19.9. The Kier molecular flexibility index (Phi) is 9.09. The van der Waals surface area contributed by atoms with E-state index in [1.165, 1.54) is 18.6 Å². The summed E-state index contributed by atoms with van der Waals surface area (Å²) in [6.45, 7) is 3.79. The first kappa shape index (κ1) is 26.8. The third-order valence-corrected chi connectivity index (χ3v) is 5.44. The van der Waals surface area contributed by atoms with Crippen molar-refractivity contribution in [2.24, 2.45) is 11.7 Å². The minimum Gasteiger partial charge on any atom is -0.506 e. The Morgan fingerprint density at radius 2 is 1.89 bits per heavy atom. The summed E-state index contributed by atoms with van der Waals surface area (Å²) in [4.78, 5) is 57.4. The van der Waals surface area contributed by atoms with Gasteiger partial charge in [-0.1, -0.05) is 44.2 Å². The summed E-state index contributed by atoms with van der Waals surface area (Å²) < 4.78 is 10.7. The number of nitrogens with two attached hydrogens (primary N) is 1. The highest BCUT2D eigenvalue weighted by Crippen LogP contribution is 2.20. The van der Waals surface area contributed by atoms with Crippen LogP contribution in [0.15, 0.2) is 48.9 Å². The van der Waals surface area contributed by atoms with Gasteiger partial charge in [-0.05, 0) is 17.9 Å². The first-order valence-corrected chi connectivity index (χ1v) is 11.4. The number of aliphatic carboxylic acids is 1. The maximum absolute atomic E-state index is 13.4. The van der Waals surface area contributed by atoms with Gasteiger partial charge in [0.1, 0.15) is 17.8 Å². The summed E-state index contributed by atoms with van der Waals surface area (Å²) in [7, 11) is -1.24. The molecule has 13 heteroatoms. The standard InChI is InChI=1S/C23H28BN5O7/c1-13(2)10-17(24-35-19(23(34)36-24)18(25)22(32)33)29-20(30)15(11-14-6-4-3-5-7-14)28-21(31)16-12-26-8-9-27-16/h3-9,12-13,15,17-19H,10-11,25H2,1-2H3,(H,28,31)(H,29,30)(H,32,33)/t15?,17-,18?,19?/m0/s1. The first-order chi connectivity index (χ1) is 17.2. The molecule has 1 fully saturated rings. The molecule has 4 atom stereocenters. The van der Waals surface area contributed by atoms with Gasteiger partial charge in [0.15, 0.2) is 6.10 Å². The molecule has 1 aliphatic heterocycles. The SMILES string of the molecule is CC(C)C[C@H](NC(=O)C(Cc1ccccc1)NC(=O)c1cnccn1)B1OC(=O)C(C(N)C(=O)O)O1. The number of nitrogens with one attached hydrogen (secondary N) is 2. The number of hydrogen-bond donors (Lipinski definition) is 4. The van der Waals surface area contributed by atoms with Crippen LogP contribution in [0.3, 0.4) is 0 Å². The number of carbonyl (C=O) groups is 4. The van der Waals surface area contributed by atoms with E-state index in [-0.39, 0.29) is 18.0 Å². The zero-order chi connectivity index (χ0) is 26.2. The van der Waals surface area contributed by atoms with Crippen LogP contribution in [0, 0.1) is 5.92 Å². The van der Waals surface area contributed by atoms with Gasteiger partial charge in [0.25, 0.3) is 5.91 Å². The van der Waals surface area contributed by atoms with Crippen molar-refractivity contribution in [1.29, 1.82) is 0 Å². The number of carbonyl (C=O) groups excluding carboxylic acids is 3. The van der Waals surface area contributed by atoms with Gasteiger partial charge in [0.2, 0.25) is 5.91 Å². The Bertz CT molecular complexity index is 1070. The molecule has 1 aromatic heterocycles. The van der Waals surface area contributed by atoms with Crippen molar-refractivity contribution in [3.8, 4) is 0 Å². The number of aromatic nitrogens is 2. The molecule has 36 heavy (non-hydrogen) atoms. The lowest BCUT2D eigenvalue weighted by Crippen LogP contribution is -2.55. The quantitative estimate of drug-likeness (QED) is 0.302. The molecule has 0 radical (unpaired) electrons. The van der Waals surface area contributed by atoms with Gasteiger partial charge in [-0.3, -0.25) is 24.2 Å². The second-order valence-corrected chi connectivity index (χ2v) is 8.78. The predicted molar refractivity (Wildman–Crippen MR) is 127 cm³/mol. The second kappa shape index (κ2) is 12.2. The van der Waals surface area contributed by atoms with Crippen molar-refractivity contribution in [1.82, 2.24) is 20.6 Å². The Hall–Kier alpha value is -3.84. The average molecular weight is 497 g/mol. The molecule has 190 valence electrons. The van der Waals surface area contributed by atoms with Gasteiger partial charge in [0.05, 0.1) is 12.1 Å². The molecule has 5 N–H and O–H groups in total. The lowest BCUT2D eigenvalue weighted by molar-refractivity contribution is -0.146. The molecule has 0 spiro atoms. The normalized spacial score (nSPS) is 17.7. The van der Waals surface area contributed by atoms with E-state index in [2.05, 4.69) is 20.6 Å². The smallest absolute Gasteiger partial charge is 0.506 e. The number of nitrogens with zero attached hydrogens (tertiary/aromatic N) is 2. The summed E-state index contributed by atoms with van der Waals surface area (Å²) in [5, 5.41) is 14.6. The fourth-order valence-electron chi connectivity index (χ4n) is 3.68. The minimum absolute atomic E-state index is 0.0423. The Balaban J connectivity index is 1.79. The molecule has 3 rings (SSSR count). The predicted octanol–water partition coefficient (Wildman–Crippen LogP) is -0.270. The van der Waals surface area contributed by atoms with Crippen LogP contribution in [0.1, 0.15) is 36.3 Å². The van der Waals surface area contributed by atoms with Crippen molar-refractivity contribution in [3.63, 3.8) is 0 Å². The van der Waals surface area contributed by atoms with Gasteiger partial charge in [-0.25, -0.2) is 4.98 Å². The number of carboxylic acids is 1. The van der Waals surface area contributed by atoms with E-state index in [1.807, 2.05) is 44.2 Å². The van der Waals surface area contributed by atoms with Crippen molar-refractivity contribution < 1.29 is 33.6 Å². The van der Waals surface area contributed by atoms with Crippen LogP contribution >= 0.6 is 0 Å². The van der Waals surface area contributed by atoms with Crippen molar-refractivity contribution >= 4 is 30.9 Å². The largest absolute Gasteiger partial charge is 0.552 e. The Morgan fingerprint density at radius 1 is 1.17 bits per heavy atom. The molecule has 12 nitrogen and oxygen atoms in total. The fraction of sp³-hybridized carbons (Fsp3) is 0.391. The average Bonchev–Trinajstić information content (AvgIpc) is 3.24. The van der Waals surface area contributed by atoms with E-state index in [0.717, 1.165) is 5.56 Å². The zero-order valence-electron chi connectivity index (χ0n) is 19.9.